The van der Waals surface area contributed by atoms with Gasteiger partial charge in [0.25, 0.3) is 0 Å². The predicted octanol–water partition coefficient (Wildman–Crippen LogP) is 3.33. The van der Waals surface area contributed by atoms with Crippen LogP contribution in [-0.2, 0) is 11.2 Å². The van der Waals surface area contributed by atoms with Gasteiger partial charge in [0, 0.05) is 28.8 Å². The number of phenolic OH excluding ortho intramolecular Hbond substituents is 1. The molecule has 0 aliphatic carbocycles. The summed E-state index contributed by atoms with van der Waals surface area (Å²) in [6.07, 6.45) is 1.77. The molecule has 0 aliphatic rings. The van der Waals surface area contributed by atoms with Crippen molar-refractivity contribution in [2.75, 3.05) is 12.4 Å². The summed E-state index contributed by atoms with van der Waals surface area (Å²) in [5.74, 6) is 0.639. The van der Waals surface area contributed by atoms with Gasteiger partial charge in [0.1, 0.15) is 17.1 Å². The molecule has 2 N–H and O–H groups in total. The summed E-state index contributed by atoms with van der Waals surface area (Å²) in [6.45, 7) is 0. The van der Waals surface area contributed by atoms with Crippen molar-refractivity contribution < 1.29 is 19.1 Å². The zero-order chi connectivity index (χ0) is 15.5. The third-order valence-corrected chi connectivity index (χ3v) is 3.34. The third-order valence-electron chi connectivity index (χ3n) is 3.34. The number of benzene rings is 2. The van der Waals surface area contributed by atoms with Crippen LogP contribution >= 0.6 is 0 Å². The number of hydrogen-bond donors (Lipinski definition) is 2. The number of rotatable bonds is 4. The molecule has 22 heavy (non-hydrogen) atoms. The van der Waals surface area contributed by atoms with Crippen molar-refractivity contribution in [3.8, 4) is 11.5 Å². The van der Waals surface area contributed by atoms with E-state index in [1.807, 2.05) is 12.1 Å². The predicted molar refractivity (Wildman–Crippen MR) is 83.2 cm³/mol. The molecule has 0 saturated heterocycles. The third kappa shape index (κ3) is 2.88. The fraction of sp³-hybridized carbons (Fsp3) is 0.118. The van der Waals surface area contributed by atoms with Crippen LogP contribution in [0.15, 0.2) is 53.1 Å². The number of methoxy groups -OCH3 is 1. The van der Waals surface area contributed by atoms with Gasteiger partial charge in [-0.1, -0.05) is 6.07 Å². The molecule has 0 unspecified atom stereocenters. The van der Waals surface area contributed by atoms with Crippen LogP contribution in [0.25, 0.3) is 11.0 Å². The molecule has 112 valence electrons. The van der Waals surface area contributed by atoms with E-state index in [1.54, 1.807) is 37.6 Å². The van der Waals surface area contributed by atoms with E-state index in [-0.39, 0.29) is 18.1 Å². The Kier molecular flexibility index (Phi) is 3.70. The number of furan rings is 1. The topological polar surface area (TPSA) is 71.7 Å². The lowest BCUT2D eigenvalue weighted by molar-refractivity contribution is -0.115. The minimum absolute atomic E-state index is 0.110. The highest BCUT2D eigenvalue weighted by Crippen LogP contribution is 2.26. The second-order valence-electron chi connectivity index (χ2n) is 4.90. The first-order valence-electron chi connectivity index (χ1n) is 6.79. The minimum atomic E-state index is -0.177. The standard InChI is InChI=1S/C17H15NO4/c1-21-14-5-6-15-11(10-22-16(15)9-14)7-17(20)18-12-3-2-4-13(19)8-12/h2-6,8-10,19H,7H2,1H3,(H,18,20). The van der Waals surface area contributed by atoms with Crippen LogP contribution in [0.3, 0.4) is 0 Å². The summed E-state index contributed by atoms with van der Waals surface area (Å²) in [4.78, 5) is 12.1. The van der Waals surface area contributed by atoms with Crippen LogP contribution < -0.4 is 10.1 Å². The largest absolute Gasteiger partial charge is 0.508 e. The van der Waals surface area contributed by atoms with Crippen LogP contribution in [0, 0.1) is 0 Å². The molecule has 1 amide bonds. The van der Waals surface area contributed by atoms with Gasteiger partial charge in [-0.25, -0.2) is 0 Å². The van der Waals surface area contributed by atoms with E-state index in [0.717, 1.165) is 10.9 Å². The quantitative estimate of drug-likeness (QED) is 0.775. The lowest BCUT2D eigenvalue weighted by Crippen LogP contribution is -2.14. The normalized spacial score (nSPS) is 10.6. The van der Waals surface area contributed by atoms with Crippen molar-refractivity contribution in [1.82, 2.24) is 0 Å². The van der Waals surface area contributed by atoms with Crippen LogP contribution in [-0.4, -0.2) is 18.1 Å². The van der Waals surface area contributed by atoms with Crippen LogP contribution in [0.5, 0.6) is 11.5 Å². The summed E-state index contributed by atoms with van der Waals surface area (Å²) in [5, 5.41) is 13.0. The summed E-state index contributed by atoms with van der Waals surface area (Å²) >= 11 is 0. The Morgan fingerprint density at radius 3 is 2.91 bits per heavy atom. The first-order valence-corrected chi connectivity index (χ1v) is 6.79. The van der Waals surface area contributed by atoms with Gasteiger partial charge < -0.3 is 19.6 Å². The van der Waals surface area contributed by atoms with Gasteiger partial charge in [-0.3, -0.25) is 4.79 Å². The van der Waals surface area contributed by atoms with Gasteiger partial charge in [0.05, 0.1) is 19.8 Å². The Balaban J connectivity index is 1.76. The molecule has 0 radical (unpaired) electrons. The van der Waals surface area contributed by atoms with Crippen LogP contribution in [0.2, 0.25) is 0 Å². The molecule has 2 aromatic carbocycles. The van der Waals surface area contributed by atoms with Crippen molar-refractivity contribution in [3.63, 3.8) is 0 Å². The van der Waals surface area contributed by atoms with Gasteiger partial charge in [0.2, 0.25) is 5.91 Å². The summed E-state index contributed by atoms with van der Waals surface area (Å²) in [7, 11) is 1.59. The van der Waals surface area contributed by atoms with E-state index >= 15 is 0 Å². The number of phenols is 1. The molecule has 3 aromatic rings. The van der Waals surface area contributed by atoms with Crippen LogP contribution in [0.4, 0.5) is 5.69 Å². The number of fused-ring (bicyclic) bond motifs is 1. The molecule has 5 nitrogen and oxygen atoms in total. The smallest absolute Gasteiger partial charge is 0.228 e. The van der Waals surface area contributed by atoms with E-state index in [4.69, 9.17) is 9.15 Å². The average Bonchev–Trinajstić information content (AvgIpc) is 2.89. The summed E-state index contributed by atoms with van der Waals surface area (Å²) in [6, 6.07) is 11.9. The molecule has 5 heteroatoms. The molecule has 0 atom stereocenters. The monoisotopic (exact) mass is 297 g/mol. The van der Waals surface area contributed by atoms with Crippen molar-refractivity contribution in [3.05, 3.63) is 54.3 Å². The molecule has 1 aromatic heterocycles. The molecular weight excluding hydrogens is 282 g/mol. The molecular formula is C17H15NO4. The maximum Gasteiger partial charge on any atom is 0.228 e. The van der Waals surface area contributed by atoms with E-state index in [2.05, 4.69) is 5.32 Å². The highest BCUT2D eigenvalue weighted by atomic mass is 16.5. The highest BCUT2D eigenvalue weighted by molar-refractivity contribution is 5.95. The number of hydrogen-bond acceptors (Lipinski definition) is 4. The number of anilines is 1. The number of nitrogens with one attached hydrogen (secondary N) is 1. The van der Waals surface area contributed by atoms with Gasteiger partial charge in [-0.15, -0.1) is 0 Å². The van der Waals surface area contributed by atoms with E-state index < -0.39 is 0 Å². The maximum atomic E-state index is 12.1. The van der Waals surface area contributed by atoms with Crippen molar-refractivity contribution in [1.29, 1.82) is 0 Å². The Bertz CT molecular complexity index is 822. The highest BCUT2D eigenvalue weighted by Gasteiger charge is 2.11. The molecule has 3 rings (SSSR count). The fourth-order valence-corrected chi connectivity index (χ4v) is 2.29. The van der Waals surface area contributed by atoms with E-state index in [9.17, 15) is 9.90 Å². The number of amides is 1. The lowest BCUT2D eigenvalue weighted by atomic mass is 10.1. The Morgan fingerprint density at radius 1 is 1.27 bits per heavy atom. The van der Waals surface area contributed by atoms with Crippen molar-refractivity contribution in [2.45, 2.75) is 6.42 Å². The number of aromatic hydroxyl groups is 1. The molecule has 1 heterocycles. The number of carbonyl (C=O) groups excluding carboxylic acids is 1. The number of ether oxygens (including phenoxy) is 1. The van der Waals surface area contributed by atoms with Gasteiger partial charge in [-0.2, -0.15) is 0 Å². The first-order chi connectivity index (χ1) is 10.7. The van der Waals surface area contributed by atoms with Crippen LogP contribution in [0.1, 0.15) is 5.56 Å². The van der Waals surface area contributed by atoms with Gasteiger partial charge >= 0.3 is 0 Å². The SMILES string of the molecule is COc1ccc2c(CC(=O)Nc3cccc(O)c3)coc2c1. The molecule has 0 spiro atoms. The van der Waals surface area contributed by atoms with Gasteiger partial charge in [-0.05, 0) is 24.3 Å². The second-order valence-corrected chi connectivity index (χ2v) is 4.90. The zero-order valence-electron chi connectivity index (χ0n) is 12.0. The molecule has 0 bridgehead atoms. The minimum Gasteiger partial charge on any atom is -0.508 e. The fourth-order valence-electron chi connectivity index (χ4n) is 2.29. The molecule has 0 aliphatic heterocycles. The zero-order valence-corrected chi connectivity index (χ0v) is 12.0. The Labute approximate surface area is 127 Å². The summed E-state index contributed by atoms with van der Waals surface area (Å²) < 4.78 is 10.6. The Morgan fingerprint density at radius 2 is 2.14 bits per heavy atom. The first kappa shape index (κ1) is 14.0. The van der Waals surface area contributed by atoms with Crippen molar-refractivity contribution in [2.24, 2.45) is 0 Å². The molecule has 0 saturated carbocycles. The maximum absolute atomic E-state index is 12.1. The van der Waals surface area contributed by atoms with Crippen molar-refractivity contribution >= 4 is 22.6 Å². The van der Waals surface area contributed by atoms with E-state index in [0.29, 0.717) is 17.0 Å². The second kappa shape index (κ2) is 5.81. The average molecular weight is 297 g/mol. The van der Waals surface area contributed by atoms with E-state index in [1.165, 1.54) is 6.07 Å². The summed E-state index contributed by atoms with van der Waals surface area (Å²) in [5.41, 5.74) is 2.04. The number of carbonyl (C=O) groups is 1. The van der Waals surface area contributed by atoms with Gasteiger partial charge in [0.15, 0.2) is 0 Å². The molecule has 0 fully saturated rings. The lowest BCUT2D eigenvalue weighted by Gasteiger charge is -2.05. The Hall–Kier alpha value is -2.95.